The van der Waals surface area contributed by atoms with Crippen LogP contribution < -0.4 is 5.32 Å². The predicted molar refractivity (Wildman–Crippen MR) is 76.9 cm³/mol. The van der Waals surface area contributed by atoms with E-state index in [1.54, 1.807) is 0 Å². The Labute approximate surface area is 119 Å². The Morgan fingerprint density at radius 2 is 2.20 bits per heavy atom. The molecule has 0 aliphatic carbocycles. The van der Waals surface area contributed by atoms with Gasteiger partial charge in [-0.3, -0.25) is 4.79 Å². The van der Waals surface area contributed by atoms with Gasteiger partial charge in [-0.25, -0.2) is 0 Å². The molecule has 0 spiro atoms. The highest BCUT2D eigenvalue weighted by Gasteiger charge is 2.28. The lowest BCUT2D eigenvalue weighted by molar-refractivity contribution is 0.00287. The molecule has 110 valence electrons. The van der Waals surface area contributed by atoms with Crippen LogP contribution in [0.25, 0.3) is 0 Å². The van der Waals surface area contributed by atoms with Crippen LogP contribution >= 0.6 is 0 Å². The molecule has 5 heteroatoms. The SMILES string of the molecule is C[C@@H]1COCCN1C(=O)c1cccn1C1CCNCC1. The number of morpholine rings is 1. The third kappa shape index (κ3) is 2.60. The van der Waals surface area contributed by atoms with Crippen molar-refractivity contribution in [3.8, 4) is 0 Å². The number of hydrogen-bond donors (Lipinski definition) is 1. The summed E-state index contributed by atoms with van der Waals surface area (Å²) in [6.45, 7) is 6.09. The number of nitrogens with zero attached hydrogens (tertiary/aromatic N) is 2. The number of nitrogens with one attached hydrogen (secondary N) is 1. The van der Waals surface area contributed by atoms with E-state index in [2.05, 4.69) is 16.8 Å². The summed E-state index contributed by atoms with van der Waals surface area (Å²) in [4.78, 5) is 14.7. The summed E-state index contributed by atoms with van der Waals surface area (Å²) in [5.41, 5.74) is 0.825. The van der Waals surface area contributed by atoms with Crippen molar-refractivity contribution in [1.82, 2.24) is 14.8 Å². The predicted octanol–water partition coefficient (Wildman–Crippen LogP) is 1.27. The highest BCUT2D eigenvalue weighted by atomic mass is 16.5. The molecule has 2 saturated heterocycles. The van der Waals surface area contributed by atoms with Gasteiger partial charge in [-0.2, -0.15) is 0 Å². The Balaban J connectivity index is 1.79. The molecule has 5 nitrogen and oxygen atoms in total. The topological polar surface area (TPSA) is 46.5 Å². The molecule has 1 N–H and O–H groups in total. The smallest absolute Gasteiger partial charge is 0.270 e. The van der Waals surface area contributed by atoms with E-state index in [0.717, 1.165) is 31.6 Å². The van der Waals surface area contributed by atoms with Gasteiger partial charge in [-0.15, -0.1) is 0 Å². The van der Waals surface area contributed by atoms with Gasteiger partial charge in [0.15, 0.2) is 0 Å². The van der Waals surface area contributed by atoms with E-state index in [4.69, 9.17) is 4.74 Å². The minimum atomic E-state index is 0.143. The zero-order valence-electron chi connectivity index (χ0n) is 12.0. The van der Waals surface area contributed by atoms with Gasteiger partial charge in [0.2, 0.25) is 0 Å². The molecule has 0 radical (unpaired) electrons. The number of ether oxygens (including phenoxy) is 1. The van der Waals surface area contributed by atoms with Gasteiger partial charge in [0.05, 0.1) is 19.3 Å². The van der Waals surface area contributed by atoms with Crippen molar-refractivity contribution in [2.24, 2.45) is 0 Å². The molecule has 0 bridgehead atoms. The molecule has 1 aromatic heterocycles. The third-order valence-electron chi connectivity index (χ3n) is 4.33. The Hall–Kier alpha value is -1.33. The number of carbonyl (C=O) groups excluding carboxylic acids is 1. The first-order chi connectivity index (χ1) is 9.77. The first-order valence-electron chi connectivity index (χ1n) is 7.53. The van der Waals surface area contributed by atoms with Crippen molar-refractivity contribution in [1.29, 1.82) is 0 Å². The first-order valence-corrected chi connectivity index (χ1v) is 7.53. The molecule has 1 amide bonds. The van der Waals surface area contributed by atoms with Gasteiger partial charge in [-0.1, -0.05) is 0 Å². The molecule has 2 aliphatic heterocycles. The summed E-state index contributed by atoms with van der Waals surface area (Å²) in [5.74, 6) is 0.143. The number of aromatic nitrogens is 1. The highest BCUT2D eigenvalue weighted by Crippen LogP contribution is 2.23. The summed E-state index contributed by atoms with van der Waals surface area (Å²) >= 11 is 0. The van der Waals surface area contributed by atoms with Crippen LogP contribution in [-0.4, -0.2) is 54.3 Å². The van der Waals surface area contributed by atoms with E-state index in [1.807, 2.05) is 23.2 Å². The van der Waals surface area contributed by atoms with Gasteiger partial charge in [0.1, 0.15) is 5.69 Å². The number of hydrogen-bond acceptors (Lipinski definition) is 3. The molecule has 0 aromatic carbocycles. The number of carbonyl (C=O) groups is 1. The molecule has 1 aromatic rings. The zero-order chi connectivity index (χ0) is 13.9. The van der Waals surface area contributed by atoms with E-state index < -0.39 is 0 Å². The maximum absolute atomic E-state index is 12.8. The second kappa shape index (κ2) is 5.97. The van der Waals surface area contributed by atoms with Crippen LogP contribution in [0.4, 0.5) is 0 Å². The second-order valence-corrected chi connectivity index (χ2v) is 5.70. The van der Waals surface area contributed by atoms with Gasteiger partial charge in [0.25, 0.3) is 5.91 Å². The Morgan fingerprint density at radius 3 is 2.95 bits per heavy atom. The monoisotopic (exact) mass is 277 g/mol. The van der Waals surface area contributed by atoms with Crippen LogP contribution in [0.5, 0.6) is 0 Å². The normalized spacial score (nSPS) is 24.9. The van der Waals surface area contributed by atoms with Crippen LogP contribution in [0.2, 0.25) is 0 Å². The lowest BCUT2D eigenvalue weighted by Gasteiger charge is -2.34. The minimum Gasteiger partial charge on any atom is -0.377 e. The summed E-state index contributed by atoms with van der Waals surface area (Å²) in [7, 11) is 0. The van der Waals surface area contributed by atoms with Crippen LogP contribution in [0, 0.1) is 0 Å². The Bertz CT molecular complexity index is 465. The lowest BCUT2D eigenvalue weighted by Crippen LogP contribution is -2.47. The Morgan fingerprint density at radius 1 is 1.40 bits per heavy atom. The van der Waals surface area contributed by atoms with E-state index in [-0.39, 0.29) is 11.9 Å². The summed E-state index contributed by atoms with van der Waals surface area (Å²) < 4.78 is 7.59. The van der Waals surface area contributed by atoms with Gasteiger partial charge < -0.3 is 19.5 Å². The average molecular weight is 277 g/mol. The molecule has 1 atom stereocenters. The summed E-state index contributed by atoms with van der Waals surface area (Å²) in [5, 5.41) is 3.37. The summed E-state index contributed by atoms with van der Waals surface area (Å²) in [6, 6.07) is 4.54. The molecule has 20 heavy (non-hydrogen) atoms. The van der Waals surface area contributed by atoms with Crippen LogP contribution in [0.15, 0.2) is 18.3 Å². The van der Waals surface area contributed by atoms with E-state index >= 15 is 0 Å². The molecule has 2 aliphatic rings. The highest BCUT2D eigenvalue weighted by molar-refractivity contribution is 5.93. The van der Waals surface area contributed by atoms with E-state index in [0.29, 0.717) is 25.8 Å². The van der Waals surface area contributed by atoms with Gasteiger partial charge >= 0.3 is 0 Å². The van der Waals surface area contributed by atoms with Crippen LogP contribution in [-0.2, 0) is 4.74 Å². The van der Waals surface area contributed by atoms with Crippen molar-refractivity contribution < 1.29 is 9.53 Å². The van der Waals surface area contributed by atoms with Crippen molar-refractivity contribution in [3.63, 3.8) is 0 Å². The van der Waals surface area contributed by atoms with Crippen molar-refractivity contribution in [2.45, 2.75) is 31.8 Å². The summed E-state index contributed by atoms with van der Waals surface area (Å²) in [6.07, 6.45) is 4.23. The Kier molecular flexibility index (Phi) is 4.08. The molecule has 3 rings (SSSR count). The quantitative estimate of drug-likeness (QED) is 0.885. The average Bonchev–Trinajstić information content (AvgIpc) is 2.97. The van der Waals surface area contributed by atoms with Crippen molar-refractivity contribution in [3.05, 3.63) is 24.0 Å². The van der Waals surface area contributed by atoms with Crippen LogP contribution in [0.3, 0.4) is 0 Å². The number of amides is 1. The largest absolute Gasteiger partial charge is 0.377 e. The van der Waals surface area contributed by atoms with Crippen LogP contribution in [0.1, 0.15) is 36.3 Å². The number of piperidine rings is 1. The second-order valence-electron chi connectivity index (χ2n) is 5.70. The molecular weight excluding hydrogens is 254 g/mol. The molecule has 2 fully saturated rings. The fourth-order valence-electron chi connectivity index (χ4n) is 3.15. The number of rotatable bonds is 2. The van der Waals surface area contributed by atoms with Gasteiger partial charge in [-0.05, 0) is 45.0 Å². The fourth-order valence-corrected chi connectivity index (χ4v) is 3.15. The first kappa shape index (κ1) is 13.6. The molecular formula is C15H23N3O2. The van der Waals surface area contributed by atoms with Gasteiger partial charge in [0, 0.05) is 18.8 Å². The maximum Gasteiger partial charge on any atom is 0.270 e. The molecule has 0 unspecified atom stereocenters. The fraction of sp³-hybridized carbons (Fsp3) is 0.667. The van der Waals surface area contributed by atoms with E-state index in [1.165, 1.54) is 0 Å². The maximum atomic E-state index is 12.8. The molecule has 3 heterocycles. The third-order valence-corrected chi connectivity index (χ3v) is 4.33. The molecule has 0 saturated carbocycles. The lowest BCUT2D eigenvalue weighted by atomic mass is 10.1. The standard InChI is InChI=1S/C15H23N3O2/c1-12-11-20-10-9-17(12)15(19)14-3-2-8-18(14)13-4-6-16-7-5-13/h2-3,8,12-13,16H,4-7,9-11H2,1H3/t12-/m1/s1. The minimum absolute atomic E-state index is 0.143. The zero-order valence-corrected chi connectivity index (χ0v) is 12.0. The van der Waals surface area contributed by atoms with Crippen molar-refractivity contribution >= 4 is 5.91 Å². The van der Waals surface area contributed by atoms with Crippen molar-refractivity contribution in [2.75, 3.05) is 32.8 Å². The van der Waals surface area contributed by atoms with E-state index in [9.17, 15) is 4.79 Å².